The van der Waals surface area contributed by atoms with E-state index in [1.54, 1.807) is 7.11 Å². The first kappa shape index (κ1) is 21.5. The van der Waals surface area contributed by atoms with Gasteiger partial charge in [-0.2, -0.15) is 0 Å². The summed E-state index contributed by atoms with van der Waals surface area (Å²) in [5.41, 5.74) is 1.24. The van der Waals surface area contributed by atoms with Gasteiger partial charge in [-0.05, 0) is 43.6 Å². The third kappa shape index (κ3) is 7.39. The number of unbranched alkanes of at least 4 members (excludes halogenated alkanes) is 1. The van der Waals surface area contributed by atoms with Gasteiger partial charge in [0.15, 0.2) is 5.96 Å². The summed E-state index contributed by atoms with van der Waals surface area (Å²) in [7, 11) is 5.62. The Hall–Kier alpha value is -1.79. The highest BCUT2D eigenvalue weighted by Crippen LogP contribution is 2.12. The van der Waals surface area contributed by atoms with Crippen LogP contribution in [-0.2, 0) is 6.54 Å². The van der Waals surface area contributed by atoms with E-state index in [2.05, 4.69) is 51.1 Å². The van der Waals surface area contributed by atoms with Crippen LogP contribution < -0.4 is 10.1 Å². The zero-order valence-electron chi connectivity index (χ0n) is 17.6. The van der Waals surface area contributed by atoms with Gasteiger partial charge in [0.05, 0.1) is 7.11 Å². The SMILES string of the molecule is CCN1CCN(CCCCNC(=NC)N(C)Cc2ccc(OC)cc2)CC1. The number of hydrogen-bond acceptors (Lipinski definition) is 4. The van der Waals surface area contributed by atoms with Crippen molar-refractivity contribution in [1.29, 1.82) is 0 Å². The number of methoxy groups -OCH3 is 1. The van der Waals surface area contributed by atoms with E-state index in [-0.39, 0.29) is 0 Å². The first-order valence-corrected chi connectivity index (χ1v) is 10.2. The normalized spacial score (nSPS) is 16.4. The van der Waals surface area contributed by atoms with Gasteiger partial charge >= 0.3 is 0 Å². The van der Waals surface area contributed by atoms with Gasteiger partial charge in [0.2, 0.25) is 0 Å². The Kier molecular flexibility index (Phi) is 9.42. The number of guanidine groups is 1. The number of hydrogen-bond donors (Lipinski definition) is 1. The van der Waals surface area contributed by atoms with Crippen LogP contribution in [0.2, 0.25) is 0 Å². The van der Waals surface area contributed by atoms with E-state index >= 15 is 0 Å². The Morgan fingerprint density at radius 1 is 1.11 bits per heavy atom. The van der Waals surface area contributed by atoms with E-state index in [0.717, 1.165) is 24.8 Å². The summed E-state index contributed by atoms with van der Waals surface area (Å²) in [5.74, 6) is 1.84. The summed E-state index contributed by atoms with van der Waals surface area (Å²) in [5, 5.41) is 3.49. The lowest BCUT2D eigenvalue weighted by atomic mass is 10.2. The fourth-order valence-electron chi connectivity index (χ4n) is 3.45. The average Bonchev–Trinajstić information content (AvgIpc) is 2.71. The molecule has 0 aliphatic carbocycles. The van der Waals surface area contributed by atoms with Crippen LogP contribution in [0.4, 0.5) is 0 Å². The Balaban J connectivity index is 1.63. The van der Waals surface area contributed by atoms with Crippen LogP contribution >= 0.6 is 0 Å². The maximum atomic E-state index is 5.22. The van der Waals surface area contributed by atoms with Gasteiger partial charge in [-0.1, -0.05) is 19.1 Å². The summed E-state index contributed by atoms with van der Waals surface area (Å²) in [6.45, 7) is 11.3. The Bertz CT molecular complexity index is 552. The van der Waals surface area contributed by atoms with E-state index in [4.69, 9.17) is 4.74 Å². The first-order valence-electron chi connectivity index (χ1n) is 10.2. The molecule has 6 nitrogen and oxygen atoms in total. The van der Waals surface area contributed by atoms with Gasteiger partial charge in [-0.3, -0.25) is 4.99 Å². The fraction of sp³-hybridized carbons (Fsp3) is 0.667. The Labute approximate surface area is 165 Å². The average molecular weight is 376 g/mol. The quantitative estimate of drug-likeness (QED) is 0.407. The monoisotopic (exact) mass is 375 g/mol. The van der Waals surface area contributed by atoms with Crippen molar-refractivity contribution in [1.82, 2.24) is 20.0 Å². The second kappa shape index (κ2) is 11.8. The molecule has 6 heteroatoms. The Morgan fingerprint density at radius 3 is 2.37 bits per heavy atom. The molecule has 1 heterocycles. The van der Waals surface area contributed by atoms with Crippen LogP contribution in [0.3, 0.4) is 0 Å². The molecule has 0 aromatic heterocycles. The highest BCUT2D eigenvalue weighted by molar-refractivity contribution is 5.79. The highest BCUT2D eigenvalue weighted by Gasteiger charge is 2.14. The molecule has 0 saturated carbocycles. The number of nitrogens with one attached hydrogen (secondary N) is 1. The Morgan fingerprint density at radius 2 is 1.78 bits per heavy atom. The molecule has 0 atom stereocenters. The predicted octanol–water partition coefficient (Wildman–Crippen LogP) is 2.12. The number of aliphatic imine (C=N–C) groups is 1. The van der Waals surface area contributed by atoms with Crippen molar-refractivity contribution in [2.24, 2.45) is 4.99 Å². The lowest BCUT2D eigenvalue weighted by Crippen LogP contribution is -2.46. The minimum atomic E-state index is 0.825. The van der Waals surface area contributed by atoms with Gasteiger partial charge in [0.1, 0.15) is 5.75 Å². The molecule has 0 unspecified atom stereocenters. The lowest BCUT2D eigenvalue weighted by molar-refractivity contribution is 0.136. The molecule has 1 aromatic rings. The summed E-state index contributed by atoms with van der Waals surface area (Å²) < 4.78 is 5.22. The summed E-state index contributed by atoms with van der Waals surface area (Å²) in [6.07, 6.45) is 2.40. The second-order valence-electron chi connectivity index (χ2n) is 7.16. The number of ether oxygens (including phenoxy) is 1. The number of benzene rings is 1. The van der Waals surface area contributed by atoms with E-state index in [1.807, 2.05) is 19.2 Å². The molecule has 1 N–H and O–H groups in total. The number of rotatable bonds is 9. The van der Waals surface area contributed by atoms with Crippen molar-refractivity contribution in [3.8, 4) is 5.75 Å². The molecule has 1 saturated heterocycles. The van der Waals surface area contributed by atoms with Crippen molar-refractivity contribution < 1.29 is 4.74 Å². The molecule has 1 aromatic carbocycles. The molecule has 152 valence electrons. The highest BCUT2D eigenvalue weighted by atomic mass is 16.5. The van der Waals surface area contributed by atoms with Crippen molar-refractivity contribution in [2.75, 3.05) is 67.0 Å². The molecule has 1 aliphatic heterocycles. The standard InChI is InChI=1S/C21H37N5O/c1-5-25-14-16-26(17-15-25)13-7-6-12-23-21(22-2)24(3)18-19-8-10-20(27-4)11-9-19/h8-11H,5-7,12-18H2,1-4H3,(H,22,23). The van der Waals surface area contributed by atoms with Gasteiger partial charge in [0, 0.05) is 53.4 Å². The minimum absolute atomic E-state index is 0.825. The third-order valence-corrected chi connectivity index (χ3v) is 5.25. The third-order valence-electron chi connectivity index (χ3n) is 5.25. The van der Waals surface area contributed by atoms with Crippen molar-refractivity contribution in [3.05, 3.63) is 29.8 Å². The molecule has 0 amide bonds. The van der Waals surface area contributed by atoms with E-state index in [0.29, 0.717) is 0 Å². The summed E-state index contributed by atoms with van der Waals surface area (Å²) in [4.78, 5) is 11.7. The van der Waals surface area contributed by atoms with E-state index < -0.39 is 0 Å². The fourth-order valence-corrected chi connectivity index (χ4v) is 3.45. The van der Waals surface area contributed by atoms with Crippen LogP contribution in [-0.4, -0.2) is 87.7 Å². The van der Waals surface area contributed by atoms with Crippen LogP contribution in [0.1, 0.15) is 25.3 Å². The largest absolute Gasteiger partial charge is 0.497 e. The van der Waals surface area contributed by atoms with E-state index in [9.17, 15) is 0 Å². The maximum absolute atomic E-state index is 5.22. The van der Waals surface area contributed by atoms with Crippen molar-refractivity contribution in [3.63, 3.8) is 0 Å². The van der Waals surface area contributed by atoms with Crippen LogP contribution in [0, 0.1) is 0 Å². The van der Waals surface area contributed by atoms with Crippen molar-refractivity contribution >= 4 is 5.96 Å². The molecule has 0 bridgehead atoms. The number of likely N-dealkylation sites (N-methyl/N-ethyl adjacent to an activating group) is 1. The van der Waals surface area contributed by atoms with Crippen LogP contribution in [0.5, 0.6) is 5.75 Å². The molecule has 1 aliphatic rings. The molecule has 0 spiro atoms. The molecule has 1 fully saturated rings. The smallest absolute Gasteiger partial charge is 0.193 e. The summed E-state index contributed by atoms with van der Waals surface area (Å²) in [6, 6.07) is 8.20. The molecule has 27 heavy (non-hydrogen) atoms. The van der Waals surface area contributed by atoms with Gasteiger partial charge in [0.25, 0.3) is 0 Å². The predicted molar refractivity (Wildman–Crippen MR) is 114 cm³/mol. The van der Waals surface area contributed by atoms with Gasteiger partial charge < -0.3 is 24.8 Å². The van der Waals surface area contributed by atoms with Crippen LogP contribution in [0.15, 0.2) is 29.3 Å². The van der Waals surface area contributed by atoms with Gasteiger partial charge in [-0.15, -0.1) is 0 Å². The first-order chi connectivity index (χ1) is 13.2. The molecule has 0 radical (unpaired) electrons. The van der Waals surface area contributed by atoms with Gasteiger partial charge in [-0.25, -0.2) is 0 Å². The summed E-state index contributed by atoms with van der Waals surface area (Å²) >= 11 is 0. The number of piperazine rings is 1. The van der Waals surface area contributed by atoms with Crippen LogP contribution in [0.25, 0.3) is 0 Å². The number of nitrogens with zero attached hydrogens (tertiary/aromatic N) is 4. The molecular formula is C21H37N5O. The topological polar surface area (TPSA) is 43.3 Å². The molecular weight excluding hydrogens is 338 g/mol. The lowest BCUT2D eigenvalue weighted by Gasteiger charge is -2.34. The zero-order chi connectivity index (χ0) is 19.5. The molecule has 2 rings (SSSR count). The van der Waals surface area contributed by atoms with Crippen molar-refractivity contribution in [2.45, 2.75) is 26.3 Å². The minimum Gasteiger partial charge on any atom is -0.497 e. The zero-order valence-corrected chi connectivity index (χ0v) is 17.6. The maximum Gasteiger partial charge on any atom is 0.193 e. The second-order valence-corrected chi connectivity index (χ2v) is 7.16. The van der Waals surface area contributed by atoms with E-state index in [1.165, 1.54) is 57.7 Å².